The van der Waals surface area contributed by atoms with Crippen molar-refractivity contribution in [1.82, 2.24) is 5.32 Å². The first kappa shape index (κ1) is 20.9. The number of rotatable bonds is 7. The first-order valence-electron chi connectivity index (χ1n) is 8.07. The van der Waals surface area contributed by atoms with Gasteiger partial charge in [-0.15, -0.1) is 0 Å². The van der Waals surface area contributed by atoms with Crippen LogP contribution < -0.4 is 5.32 Å². The number of alkyl halides is 3. The maximum absolute atomic E-state index is 12.5. The number of carboxylic acids is 2. The van der Waals surface area contributed by atoms with Crippen LogP contribution in [0.2, 0.25) is 0 Å². The van der Waals surface area contributed by atoms with Crippen LogP contribution in [0.15, 0.2) is 48.5 Å². The van der Waals surface area contributed by atoms with Gasteiger partial charge in [-0.2, -0.15) is 13.2 Å². The van der Waals surface area contributed by atoms with E-state index in [2.05, 4.69) is 5.32 Å². The molecule has 0 aliphatic carbocycles. The highest BCUT2D eigenvalue weighted by Gasteiger charge is 2.30. The number of carboxylic acid groups (broad SMARTS) is 2. The molecule has 3 N–H and O–H groups in total. The molecule has 0 aliphatic rings. The normalized spacial score (nSPS) is 12.2. The minimum Gasteiger partial charge on any atom is -0.480 e. The number of nitrogens with one attached hydrogen (secondary N) is 1. The summed E-state index contributed by atoms with van der Waals surface area (Å²) in [6.07, 6.45) is -4.83. The van der Waals surface area contributed by atoms with E-state index in [1.807, 2.05) is 0 Å². The fraction of sp³-hybridized carbons (Fsp3) is 0.211. The summed E-state index contributed by atoms with van der Waals surface area (Å²) in [6.45, 7) is 0. The van der Waals surface area contributed by atoms with Crippen molar-refractivity contribution in [2.24, 2.45) is 0 Å². The van der Waals surface area contributed by atoms with Crippen LogP contribution in [0.25, 0.3) is 0 Å². The van der Waals surface area contributed by atoms with E-state index in [4.69, 9.17) is 5.11 Å². The summed E-state index contributed by atoms with van der Waals surface area (Å²) in [7, 11) is 0. The Balaban J connectivity index is 2.00. The number of hydrogen-bond acceptors (Lipinski definition) is 3. The second-order valence-electron chi connectivity index (χ2n) is 6.04. The number of aliphatic carboxylic acids is 1. The smallest absolute Gasteiger partial charge is 0.416 e. The summed E-state index contributed by atoms with van der Waals surface area (Å²) in [5.74, 6) is -3.07. The SMILES string of the molecule is O=C(Cc1ccc(C(F)(F)F)cc1)N[C@@H](Cc1ccc(C(=O)O)cc1)C(=O)O. The molecule has 0 bridgehead atoms. The zero-order valence-electron chi connectivity index (χ0n) is 14.4. The summed E-state index contributed by atoms with van der Waals surface area (Å²) in [4.78, 5) is 34.3. The Hall–Kier alpha value is -3.36. The predicted molar refractivity (Wildman–Crippen MR) is 91.8 cm³/mol. The number of hydrogen-bond donors (Lipinski definition) is 3. The number of aromatic carboxylic acids is 1. The first-order valence-corrected chi connectivity index (χ1v) is 8.07. The third-order valence-corrected chi connectivity index (χ3v) is 3.92. The maximum atomic E-state index is 12.5. The van der Waals surface area contributed by atoms with Crippen molar-refractivity contribution in [3.8, 4) is 0 Å². The van der Waals surface area contributed by atoms with Gasteiger partial charge in [-0.3, -0.25) is 4.79 Å². The minimum absolute atomic E-state index is 0.0435. The summed E-state index contributed by atoms with van der Waals surface area (Å²) in [5.41, 5.74) is 0.0134. The molecule has 2 aromatic rings. The Morgan fingerprint density at radius 2 is 1.43 bits per heavy atom. The van der Waals surface area contributed by atoms with Crippen molar-refractivity contribution in [2.75, 3.05) is 0 Å². The molecular weight excluding hydrogens is 379 g/mol. The van der Waals surface area contributed by atoms with Crippen LogP contribution in [0.5, 0.6) is 0 Å². The molecule has 1 atom stereocenters. The second kappa shape index (κ2) is 8.55. The first-order chi connectivity index (χ1) is 13.1. The van der Waals surface area contributed by atoms with Crippen molar-refractivity contribution < 1.29 is 37.8 Å². The molecule has 0 aromatic heterocycles. The van der Waals surface area contributed by atoms with Crippen LogP contribution in [-0.2, 0) is 28.6 Å². The number of benzene rings is 2. The average molecular weight is 395 g/mol. The fourth-order valence-corrected chi connectivity index (χ4v) is 2.46. The molecule has 1 amide bonds. The number of carbonyl (C=O) groups is 3. The van der Waals surface area contributed by atoms with E-state index in [0.29, 0.717) is 11.1 Å². The quantitative estimate of drug-likeness (QED) is 0.669. The van der Waals surface area contributed by atoms with Gasteiger partial charge in [-0.05, 0) is 35.4 Å². The molecule has 2 rings (SSSR count). The van der Waals surface area contributed by atoms with Gasteiger partial charge in [0.2, 0.25) is 5.91 Å². The lowest BCUT2D eigenvalue weighted by atomic mass is 10.0. The standard InChI is InChI=1S/C19H16F3NO5/c20-19(21,22)14-7-3-12(4-8-14)10-16(24)23-15(18(27)28)9-11-1-5-13(6-2-11)17(25)26/h1-8,15H,9-10H2,(H,23,24)(H,25,26)(H,27,28)/t15-/m0/s1. The molecule has 28 heavy (non-hydrogen) atoms. The number of halogens is 3. The van der Waals surface area contributed by atoms with Crippen LogP contribution in [0.3, 0.4) is 0 Å². The molecule has 6 nitrogen and oxygen atoms in total. The summed E-state index contributed by atoms with van der Waals surface area (Å²) in [6, 6.07) is 8.27. The van der Waals surface area contributed by atoms with Crippen molar-refractivity contribution in [2.45, 2.75) is 25.1 Å². The van der Waals surface area contributed by atoms with Gasteiger partial charge in [0.05, 0.1) is 17.5 Å². The van der Waals surface area contributed by atoms with E-state index < -0.39 is 35.6 Å². The van der Waals surface area contributed by atoms with Gasteiger partial charge in [0, 0.05) is 6.42 Å². The van der Waals surface area contributed by atoms with Gasteiger partial charge in [-0.25, -0.2) is 9.59 Å². The van der Waals surface area contributed by atoms with Crippen molar-refractivity contribution in [1.29, 1.82) is 0 Å². The molecule has 0 fully saturated rings. The van der Waals surface area contributed by atoms with E-state index >= 15 is 0 Å². The molecule has 9 heteroatoms. The van der Waals surface area contributed by atoms with Crippen LogP contribution in [0, 0.1) is 0 Å². The van der Waals surface area contributed by atoms with Gasteiger partial charge in [-0.1, -0.05) is 24.3 Å². The lowest BCUT2D eigenvalue weighted by Crippen LogP contribution is -2.43. The van der Waals surface area contributed by atoms with Crippen LogP contribution in [0.1, 0.15) is 27.0 Å². The van der Waals surface area contributed by atoms with Crippen molar-refractivity contribution in [3.63, 3.8) is 0 Å². The Labute approximate surface area is 157 Å². The van der Waals surface area contributed by atoms with E-state index in [0.717, 1.165) is 24.3 Å². The van der Waals surface area contributed by atoms with Gasteiger partial charge in [0.25, 0.3) is 0 Å². The lowest BCUT2D eigenvalue weighted by molar-refractivity contribution is -0.141. The molecule has 148 valence electrons. The van der Waals surface area contributed by atoms with Crippen molar-refractivity contribution in [3.05, 3.63) is 70.8 Å². The monoisotopic (exact) mass is 395 g/mol. The summed E-state index contributed by atoms with van der Waals surface area (Å²) < 4.78 is 37.6. The number of amides is 1. The third-order valence-electron chi connectivity index (χ3n) is 3.92. The highest BCUT2D eigenvalue weighted by Crippen LogP contribution is 2.29. The average Bonchev–Trinajstić information content (AvgIpc) is 2.61. The third kappa shape index (κ3) is 5.83. The van der Waals surface area contributed by atoms with Crippen molar-refractivity contribution >= 4 is 17.8 Å². The lowest BCUT2D eigenvalue weighted by Gasteiger charge is -2.15. The molecule has 0 unspecified atom stereocenters. The van der Waals surface area contributed by atoms with Gasteiger partial charge in [0.15, 0.2) is 0 Å². The predicted octanol–water partition coefficient (Wildman–Crippen LogP) is 2.76. The summed E-state index contributed by atoms with van der Waals surface area (Å²) >= 11 is 0. The second-order valence-corrected chi connectivity index (χ2v) is 6.04. The molecule has 0 saturated carbocycles. The largest absolute Gasteiger partial charge is 0.480 e. The fourth-order valence-electron chi connectivity index (χ4n) is 2.46. The Morgan fingerprint density at radius 3 is 1.89 bits per heavy atom. The Morgan fingerprint density at radius 1 is 0.893 bits per heavy atom. The topological polar surface area (TPSA) is 104 Å². The number of carbonyl (C=O) groups excluding carboxylic acids is 1. The molecule has 0 spiro atoms. The van der Waals surface area contributed by atoms with E-state index in [1.165, 1.54) is 24.3 Å². The maximum Gasteiger partial charge on any atom is 0.416 e. The highest BCUT2D eigenvalue weighted by molar-refractivity contribution is 5.87. The summed E-state index contributed by atoms with van der Waals surface area (Å²) in [5, 5.41) is 20.5. The minimum atomic E-state index is -4.48. The van der Waals surface area contributed by atoms with E-state index in [9.17, 15) is 32.7 Å². The molecule has 2 aromatic carbocycles. The van der Waals surface area contributed by atoms with Crippen LogP contribution >= 0.6 is 0 Å². The molecule has 0 aliphatic heterocycles. The Kier molecular flexibility index (Phi) is 6.40. The van der Waals surface area contributed by atoms with Crippen LogP contribution in [-0.4, -0.2) is 34.1 Å². The molecule has 0 radical (unpaired) electrons. The highest BCUT2D eigenvalue weighted by atomic mass is 19.4. The van der Waals surface area contributed by atoms with Crippen LogP contribution in [0.4, 0.5) is 13.2 Å². The zero-order chi connectivity index (χ0) is 20.9. The van der Waals surface area contributed by atoms with E-state index in [1.54, 1.807) is 0 Å². The Bertz CT molecular complexity index is 861. The zero-order valence-corrected chi connectivity index (χ0v) is 14.4. The van der Waals surface area contributed by atoms with Gasteiger partial charge in [0.1, 0.15) is 6.04 Å². The molecular formula is C19H16F3NO5. The van der Waals surface area contributed by atoms with E-state index in [-0.39, 0.29) is 18.4 Å². The molecule has 0 heterocycles. The van der Waals surface area contributed by atoms with Gasteiger partial charge < -0.3 is 15.5 Å². The molecule has 0 saturated heterocycles. The van der Waals surface area contributed by atoms with Gasteiger partial charge >= 0.3 is 18.1 Å².